The Kier molecular flexibility index (Phi) is 12.3. The molecule has 0 unspecified atom stereocenters. The summed E-state index contributed by atoms with van der Waals surface area (Å²) >= 11 is 5.67. The van der Waals surface area contributed by atoms with E-state index in [1.54, 1.807) is 31.4 Å². The van der Waals surface area contributed by atoms with Gasteiger partial charge in [0, 0.05) is 25.4 Å². The number of carbonyl (C=O) groups is 1. The second-order valence-electron chi connectivity index (χ2n) is 7.93. The number of halogens is 1. The third-order valence-corrected chi connectivity index (χ3v) is 5.51. The van der Waals surface area contributed by atoms with Crippen LogP contribution in [0.5, 0.6) is 5.75 Å². The number of oxime groups is 1. The fourth-order valence-electron chi connectivity index (χ4n) is 3.18. The van der Waals surface area contributed by atoms with E-state index >= 15 is 0 Å². The topological polar surface area (TPSA) is 109 Å². The monoisotopic (exact) mass is 535 g/mol. The van der Waals surface area contributed by atoms with Gasteiger partial charge in [0.15, 0.2) is 5.71 Å². The Morgan fingerprint density at radius 3 is 2.45 bits per heavy atom. The number of benzene rings is 2. The molecule has 198 valence electrons. The molecule has 3 aromatic rings. The number of nitrogens with zero attached hydrogens (tertiary/aromatic N) is 5. The van der Waals surface area contributed by atoms with Crippen LogP contribution in [0.1, 0.15) is 29.2 Å². The first kappa shape index (κ1) is 29.8. The van der Waals surface area contributed by atoms with Gasteiger partial charge in [-0.25, -0.2) is 9.78 Å². The minimum Gasteiger partial charge on any atom is -0.489 e. The first-order valence-corrected chi connectivity index (χ1v) is 11.9. The molecule has 38 heavy (non-hydrogen) atoms. The van der Waals surface area contributed by atoms with Crippen LogP contribution >= 0.6 is 11.6 Å². The highest BCUT2D eigenvalue weighted by Crippen LogP contribution is 2.20. The number of methoxy groups -OCH3 is 1. The smallest absolute Gasteiger partial charge is 0.360 e. The molecular weight excluding hydrogens is 506 g/mol. The van der Waals surface area contributed by atoms with Crippen molar-refractivity contribution in [3.8, 4) is 11.9 Å². The first-order chi connectivity index (χ1) is 18.3. The number of hydrogen-bond acceptors (Lipinski definition) is 8. The second-order valence-corrected chi connectivity index (χ2v) is 8.32. The van der Waals surface area contributed by atoms with Crippen LogP contribution in [-0.2, 0) is 27.5 Å². The van der Waals surface area contributed by atoms with E-state index in [1.165, 1.54) is 14.2 Å². The number of pyridine rings is 1. The Morgan fingerprint density at radius 2 is 1.82 bits per heavy atom. The standard InChI is InChI=1S/C18H19NO4.C10H11ClN4/c1-13-8-4-7-11-16(13)23-12-14-9-5-6-10-15(14)17(19-22-3)18(20)21-2;1-8(14-7-12)15(2)6-9-3-4-10(11)13-5-9/h4-11H,12H2,1-3H3;3-5H,6H2,1-2H3/b19-17+;. The van der Waals surface area contributed by atoms with E-state index in [-0.39, 0.29) is 5.71 Å². The lowest BCUT2D eigenvalue weighted by atomic mass is 10.0. The van der Waals surface area contributed by atoms with Gasteiger partial charge in [-0.15, -0.1) is 0 Å². The predicted molar refractivity (Wildman–Crippen MR) is 147 cm³/mol. The Bertz CT molecular complexity index is 1300. The van der Waals surface area contributed by atoms with Gasteiger partial charge in [0.25, 0.3) is 0 Å². The first-order valence-electron chi connectivity index (χ1n) is 11.5. The van der Waals surface area contributed by atoms with Crippen molar-refractivity contribution in [2.75, 3.05) is 21.3 Å². The minimum absolute atomic E-state index is 0.110. The van der Waals surface area contributed by atoms with Gasteiger partial charge >= 0.3 is 5.97 Å². The van der Waals surface area contributed by atoms with Crippen molar-refractivity contribution in [2.24, 2.45) is 10.1 Å². The summed E-state index contributed by atoms with van der Waals surface area (Å²) < 4.78 is 10.6. The number of esters is 1. The number of carbonyl (C=O) groups excluding carboxylic acids is 1. The number of amidine groups is 1. The number of aliphatic imine (C=N–C) groups is 1. The zero-order valence-electron chi connectivity index (χ0n) is 22.0. The normalized spacial score (nSPS) is 11.0. The van der Waals surface area contributed by atoms with Gasteiger partial charge in [-0.05, 0) is 42.7 Å². The number of aryl methyl sites for hydroxylation is 1. The Hall–Kier alpha value is -4.42. The number of ether oxygens (including phenoxy) is 2. The van der Waals surface area contributed by atoms with Gasteiger partial charge in [-0.1, -0.05) is 65.3 Å². The van der Waals surface area contributed by atoms with E-state index in [0.717, 1.165) is 22.4 Å². The number of hydrogen-bond donors (Lipinski definition) is 0. The van der Waals surface area contributed by atoms with Gasteiger partial charge in [0.05, 0.1) is 7.11 Å². The predicted octanol–water partition coefficient (Wildman–Crippen LogP) is 5.16. The zero-order chi connectivity index (χ0) is 27.9. The Morgan fingerprint density at radius 1 is 1.11 bits per heavy atom. The van der Waals surface area contributed by atoms with Crippen LogP contribution in [0.25, 0.3) is 0 Å². The zero-order valence-corrected chi connectivity index (χ0v) is 22.8. The average Bonchev–Trinajstić information content (AvgIpc) is 2.93. The summed E-state index contributed by atoms with van der Waals surface area (Å²) in [7, 11) is 4.56. The van der Waals surface area contributed by atoms with Crippen molar-refractivity contribution >= 4 is 29.1 Å². The van der Waals surface area contributed by atoms with Crippen LogP contribution in [-0.4, -0.2) is 48.7 Å². The molecule has 1 heterocycles. The molecular formula is C28H30ClN5O4. The fourth-order valence-corrected chi connectivity index (χ4v) is 3.29. The summed E-state index contributed by atoms with van der Waals surface area (Å²) in [6.45, 7) is 4.72. The van der Waals surface area contributed by atoms with Crippen molar-refractivity contribution in [3.63, 3.8) is 0 Å². The third kappa shape index (κ3) is 9.22. The van der Waals surface area contributed by atoms with Crippen molar-refractivity contribution < 1.29 is 19.1 Å². The summed E-state index contributed by atoms with van der Waals surface area (Å²) in [6.07, 6.45) is 3.46. The van der Waals surface area contributed by atoms with Crippen LogP contribution in [0.2, 0.25) is 5.15 Å². The Labute approximate surface area is 227 Å². The quantitative estimate of drug-likeness (QED) is 0.0977. The van der Waals surface area contributed by atoms with Crippen molar-refractivity contribution in [2.45, 2.75) is 27.0 Å². The molecule has 3 rings (SSSR count). The van der Waals surface area contributed by atoms with Gasteiger partial charge in [-0.2, -0.15) is 10.3 Å². The van der Waals surface area contributed by atoms with E-state index < -0.39 is 5.97 Å². The van der Waals surface area contributed by atoms with Crippen molar-refractivity contribution in [1.29, 1.82) is 5.26 Å². The van der Waals surface area contributed by atoms with Gasteiger partial charge in [0.2, 0.25) is 6.19 Å². The molecule has 0 saturated heterocycles. The SMILES string of the molecule is CC(=NC#N)N(C)Cc1ccc(Cl)nc1.CO/N=C(/C(=O)OC)c1ccccc1COc1ccccc1C. The van der Waals surface area contributed by atoms with Crippen LogP contribution < -0.4 is 4.74 Å². The summed E-state index contributed by atoms with van der Waals surface area (Å²) in [6, 6.07) is 18.7. The van der Waals surface area contributed by atoms with E-state index in [4.69, 9.17) is 31.2 Å². The van der Waals surface area contributed by atoms with E-state index in [1.807, 2.05) is 67.4 Å². The van der Waals surface area contributed by atoms with Gasteiger partial charge in [0.1, 0.15) is 30.5 Å². The van der Waals surface area contributed by atoms with Gasteiger partial charge < -0.3 is 19.2 Å². The summed E-state index contributed by atoms with van der Waals surface area (Å²) in [5, 5.41) is 12.7. The molecule has 0 saturated carbocycles. The third-order valence-electron chi connectivity index (χ3n) is 5.28. The highest BCUT2D eigenvalue weighted by atomic mass is 35.5. The molecule has 9 nitrogen and oxygen atoms in total. The summed E-state index contributed by atoms with van der Waals surface area (Å²) in [5.41, 5.74) is 3.61. The molecule has 2 aromatic carbocycles. The lowest BCUT2D eigenvalue weighted by Gasteiger charge is -2.17. The lowest BCUT2D eigenvalue weighted by Crippen LogP contribution is -2.23. The Balaban J connectivity index is 0.000000293. The number of nitriles is 1. The lowest BCUT2D eigenvalue weighted by molar-refractivity contribution is -0.132. The fraction of sp³-hybridized carbons (Fsp3) is 0.250. The largest absolute Gasteiger partial charge is 0.489 e. The molecule has 0 N–H and O–H groups in total. The number of rotatable bonds is 8. The maximum atomic E-state index is 11.9. The molecule has 0 bridgehead atoms. The van der Waals surface area contributed by atoms with Crippen LogP contribution in [0, 0.1) is 18.4 Å². The molecule has 1 aromatic heterocycles. The molecule has 0 fully saturated rings. The highest BCUT2D eigenvalue weighted by molar-refractivity contribution is 6.43. The minimum atomic E-state index is -0.560. The average molecular weight is 536 g/mol. The summed E-state index contributed by atoms with van der Waals surface area (Å²) in [4.78, 5) is 26.2. The van der Waals surface area contributed by atoms with E-state index in [2.05, 4.69) is 15.1 Å². The molecule has 0 radical (unpaired) electrons. The van der Waals surface area contributed by atoms with Crippen LogP contribution in [0.15, 0.2) is 77.0 Å². The maximum Gasteiger partial charge on any atom is 0.360 e. The van der Waals surface area contributed by atoms with Crippen molar-refractivity contribution in [3.05, 3.63) is 94.3 Å². The molecule has 0 spiro atoms. The van der Waals surface area contributed by atoms with Crippen LogP contribution in [0.4, 0.5) is 0 Å². The molecule has 0 aliphatic rings. The highest BCUT2D eigenvalue weighted by Gasteiger charge is 2.19. The van der Waals surface area contributed by atoms with Crippen LogP contribution in [0.3, 0.4) is 0 Å². The van der Waals surface area contributed by atoms with Gasteiger partial charge in [-0.3, -0.25) is 0 Å². The molecule has 0 aliphatic carbocycles. The molecule has 0 aliphatic heterocycles. The van der Waals surface area contributed by atoms with Crippen molar-refractivity contribution in [1.82, 2.24) is 9.88 Å². The van der Waals surface area contributed by atoms with E-state index in [9.17, 15) is 4.79 Å². The molecule has 0 atom stereocenters. The van der Waals surface area contributed by atoms with E-state index in [0.29, 0.717) is 29.7 Å². The second kappa shape index (κ2) is 15.6. The number of aromatic nitrogens is 1. The summed E-state index contributed by atoms with van der Waals surface area (Å²) in [5.74, 6) is 0.910. The molecule has 10 heteroatoms. The molecule has 0 amide bonds. The number of para-hydroxylation sites is 1. The maximum absolute atomic E-state index is 11.9.